The molecule has 2 atom stereocenters. The minimum absolute atomic E-state index is 0.0659. The van der Waals surface area contributed by atoms with Gasteiger partial charge in [-0.05, 0) is 36.0 Å². The lowest BCUT2D eigenvalue weighted by Gasteiger charge is -2.26. The summed E-state index contributed by atoms with van der Waals surface area (Å²) in [6.07, 6.45) is 4.99. The molecule has 138 valence electrons. The number of morpholine rings is 1. The summed E-state index contributed by atoms with van der Waals surface area (Å²) in [5.41, 5.74) is 3.99. The van der Waals surface area contributed by atoms with E-state index in [1.54, 1.807) is 6.20 Å². The molecule has 1 aliphatic heterocycles. The molecule has 5 nitrogen and oxygen atoms in total. The Labute approximate surface area is 158 Å². The highest BCUT2D eigenvalue weighted by atomic mass is 16.5. The second-order valence-corrected chi connectivity index (χ2v) is 7.48. The van der Waals surface area contributed by atoms with Gasteiger partial charge < -0.3 is 14.2 Å². The van der Waals surface area contributed by atoms with Crippen LogP contribution in [-0.4, -0.2) is 46.7 Å². The summed E-state index contributed by atoms with van der Waals surface area (Å²) >= 11 is 0. The zero-order valence-corrected chi connectivity index (χ0v) is 15.3. The summed E-state index contributed by atoms with van der Waals surface area (Å²) in [6.45, 7) is 3.45. The van der Waals surface area contributed by atoms with E-state index < -0.39 is 0 Å². The number of aromatic nitrogens is 2. The van der Waals surface area contributed by atoms with Crippen LogP contribution < -0.4 is 0 Å². The van der Waals surface area contributed by atoms with Gasteiger partial charge in [-0.2, -0.15) is 0 Å². The number of benzene rings is 1. The molecule has 3 heterocycles. The molecule has 1 saturated carbocycles. The number of hydrogen-bond donors (Lipinski definition) is 0. The second-order valence-electron chi connectivity index (χ2n) is 7.48. The van der Waals surface area contributed by atoms with Crippen LogP contribution >= 0.6 is 0 Å². The van der Waals surface area contributed by atoms with E-state index in [1.807, 2.05) is 17.2 Å². The fourth-order valence-electron chi connectivity index (χ4n) is 4.18. The number of pyridine rings is 1. The Morgan fingerprint density at radius 1 is 1.11 bits per heavy atom. The van der Waals surface area contributed by atoms with E-state index in [0.29, 0.717) is 43.7 Å². The zero-order chi connectivity index (χ0) is 18.2. The molecular weight excluding hydrogens is 338 g/mol. The van der Waals surface area contributed by atoms with Crippen molar-refractivity contribution in [3.05, 3.63) is 66.0 Å². The van der Waals surface area contributed by atoms with Crippen LogP contribution in [0.3, 0.4) is 0 Å². The maximum atomic E-state index is 13.0. The maximum absolute atomic E-state index is 13.0. The van der Waals surface area contributed by atoms with Crippen molar-refractivity contribution < 1.29 is 9.53 Å². The Balaban J connectivity index is 1.41. The first-order valence-corrected chi connectivity index (χ1v) is 9.67. The third kappa shape index (κ3) is 3.12. The molecule has 27 heavy (non-hydrogen) atoms. The van der Waals surface area contributed by atoms with Crippen molar-refractivity contribution in [1.82, 2.24) is 14.5 Å². The van der Waals surface area contributed by atoms with Crippen LogP contribution in [0.25, 0.3) is 11.0 Å². The van der Waals surface area contributed by atoms with Gasteiger partial charge in [-0.25, -0.2) is 0 Å². The van der Waals surface area contributed by atoms with Gasteiger partial charge in [0, 0.05) is 32.0 Å². The van der Waals surface area contributed by atoms with Gasteiger partial charge in [0.15, 0.2) is 0 Å². The van der Waals surface area contributed by atoms with Gasteiger partial charge in [0.25, 0.3) is 5.91 Å². The molecule has 5 rings (SSSR count). The molecule has 2 aromatic heterocycles. The summed E-state index contributed by atoms with van der Waals surface area (Å²) < 4.78 is 7.60. The zero-order valence-electron chi connectivity index (χ0n) is 15.3. The minimum atomic E-state index is 0.0659. The van der Waals surface area contributed by atoms with Gasteiger partial charge in [0.1, 0.15) is 5.52 Å². The van der Waals surface area contributed by atoms with E-state index in [-0.39, 0.29) is 5.91 Å². The highest BCUT2D eigenvalue weighted by Crippen LogP contribution is 2.48. The smallest absolute Gasteiger partial charge is 0.257 e. The molecule has 3 aromatic rings. The number of hydrogen-bond acceptors (Lipinski definition) is 3. The van der Waals surface area contributed by atoms with Crippen molar-refractivity contribution >= 4 is 16.9 Å². The van der Waals surface area contributed by atoms with Gasteiger partial charge in [0.05, 0.1) is 24.3 Å². The molecule has 5 heteroatoms. The number of ether oxygens (including phenoxy) is 1. The third-order valence-electron chi connectivity index (χ3n) is 5.75. The Bertz CT molecular complexity index is 960. The van der Waals surface area contributed by atoms with Crippen molar-refractivity contribution in [3.63, 3.8) is 0 Å². The van der Waals surface area contributed by atoms with Crippen LogP contribution in [0.4, 0.5) is 0 Å². The molecule has 1 saturated heterocycles. The summed E-state index contributed by atoms with van der Waals surface area (Å²) in [6, 6.07) is 14.7. The van der Waals surface area contributed by atoms with Crippen LogP contribution in [0.1, 0.15) is 28.3 Å². The quantitative estimate of drug-likeness (QED) is 0.716. The summed E-state index contributed by atoms with van der Waals surface area (Å²) in [5.74, 6) is 1.31. The monoisotopic (exact) mass is 361 g/mol. The first-order chi connectivity index (χ1) is 13.3. The number of carbonyl (C=O) groups excluding carboxylic acids is 1. The molecule has 0 N–H and O–H groups in total. The molecule has 1 amide bonds. The standard InChI is InChI=1S/C22H23N3O2/c26-22(24-9-11-27-12-10-24)19-15-25(20-7-4-8-23-21(19)20)14-17-13-18(17)16-5-2-1-3-6-16/h1-8,15,17-18H,9-14H2. The van der Waals surface area contributed by atoms with Crippen LogP contribution in [0.5, 0.6) is 0 Å². The average Bonchev–Trinajstić information content (AvgIpc) is 3.42. The Kier molecular flexibility index (Phi) is 4.17. The highest BCUT2D eigenvalue weighted by Gasteiger charge is 2.38. The largest absolute Gasteiger partial charge is 0.378 e. The molecule has 0 spiro atoms. The van der Waals surface area contributed by atoms with Gasteiger partial charge in [-0.3, -0.25) is 9.78 Å². The molecule has 2 fully saturated rings. The highest BCUT2D eigenvalue weighted by molar-refractivity contribution is 6.05. The predicted octanol–water partition coefficient (Wildman–Crippen LogP) is 3.31. The summed E-state index contributed by atoms with van der Waals surface area (Å²) in [7, 11) is 0. The average molecular weight is 361 g/mol. The fourth-order valence-corrected chi connectivity index (χ4v) is 4.18. The molecule has 1 aliphatic carbocycles. The SMILES string of the molecule is O=C(c1cn(CC2CC2c2ccccc2)c2cccnc12)N1CCOCC1. The van der Waals surface area contributed by atoms with E-state index >= 15 is 0 Å². The Morgan fingerprint density at radius 3 is 2.74 bits per heavy atom. The summed E-state index contributed by atoms with van der Waals surface area (Å²) in [5, 5.41) is 0. The Hall–Kier alpha value is -2.66. The molecule has 0 bridgehead atoms. The van der Waals surface area contributed by atoms with Crippen molar-refractivity contribution in [2.75, 3.05) is 26.3 Å². The second kappa shape index (κ2) is 6.82. The van der Waals surface area contributed by atoms with Gasteiger partial charge in [0.2, 0.25) is 0 Å². The third-order valence-corrected chi connectivity index (χ3v) is 5.75. The number of amides is 1. The molecule has 0 radical (unpaired) electrons. The van der Waals surface area contributed by atoms with Gasteiger partial charge >= 0.3 is 0 Å². The Morgan fingerprint density at radius 2 is 1.93 bits per heavy atom. The van der Waals surface area contributed by atoms with E-state index in [4.69, 9.17) is 4.74 Å². The van der Waals surface area contributed by atoms with Crippen LogP contribution in [-0.2, 0) is 11.3 Å². The van der Waals surface area contributed by atoms with Crippen LogP contribution in [0.2, 0.25) is 0 Å². The lowest BCUT2D eigenvalue weighted by atomic mass is 10.1. The van der Waals surface area contributed by atoms with Gasteiger partial charge in [-0.15, -0.1) is 0 Å². The molecular formula is C22H23N3O2. The first-order valence-electron chi connectivity index (χ1n) is 9.67. The maximum Gasteiger partial charge on any atom is 0.257 e. The first kappa shape index (κ1) is 16.5. The number of carbonyl (C=O) groups is 1. The van der Waals surface area contributed by atoms with Crippen molar-refractivity contribution in [2.24, 2.45) is 5.92 Å². The van der Waals surface area contributed by atoms with Crippen molar-refractivity contribution in [1.29, 1.82) is 0 Å². The molecule has 1 aromatic carbocycles. The number of fused-ring (bicyclic) bond motifs is 1. The normalized spacial score (nSPS) is 22.1. The molecule has 2 aliphatic rings. The van der Waals surface area contributed by atoms with Crippen LogP contribution in [0.15, 0.2) is 54.9 Å². The van der Waals surface area contributed by atoms with Crippen LogP contribution in [0, 0.1) is 5.92 Å². The van der Waals surface area contributed by atoms with E-state index in [0.717, 1.165) is 17.6 Å². The molecule has 2 unspecified atom stereocenters. The van der Waals surface area contributed by atoms with Crippen molar-refractivity contribution in [3.8, 4) is 0 Å². The topological polar surface area (TPSA) is 47.4 Å². The number of rotatable bonds is 4. The van der Waals surface area contributed by atoms with E-state index in [2.05, 4.69) is 45.9 Å². The number of nitrogens with zero attached hydrogens (tertiary/aromatic N) is 3. The van der Waals surface area contributed by atoms with E-state index in [1.165, 1.54) is 12.0 Å². The van der Waals surface area contributed by atoms with Gasteiger partial charge in [-0.1, -0.05) is 30.3 Å². The fraction of sp³-hybridized carbons (Fsp3) is 0.364. The summed E-state index contributed by atoms with van der Waals surface area (Å²) in [4.78, 5) is 19.4. The lowest BCUT2D eigenvalue weighted by Crippen LogP contribution is -2.40. The van der Waals surface area contributed by atoms with E-state index in [9.17, 15) is 4.79 Å². The van der Waals surface area contributed by atoms with Crippen molar-refractivity contribution in [2.45, 2.75) is 18.9 Å². The predicted molar refractivity (Wildman–Crippen MR) is 104 cm³/mol. The minimum Gasteiger partial charge on any atom is -0.378 e. The lowest BCUT2D eigenvalue weighted by molar-refractivity contribution is 0.0304.